The molecule has 2 aromatic heterocycles. The van der Waals surface area contributed by atoms with Gasteiger partial charge in [0, 0.05) is 11.2 Å². The van der Waals surface area contributed by atoms with Crippen molar-refractivity contribution in [2.75, 3.05) is 18.3 Å². The van der Waals surface area contributed by atoms with E-state index in [-0.39, 0.29) is 34.2 Å². The second-order valence-electron chi connectivity index (χ2n) is 8.66. The molecule has 0 amide bonds. The summed E-state index contributed by atoms with van der Waals surface area (Å²) in [6, 6.07) is 0. The Morgan fingerprint density at radius 1 is 1.21 bits per heavy atom. The second kappa shape index (κ2) is 12.0. The van der Waals surface area contributed by atoms with Crippen LogP contribution in [0.2, 0.25) is 0 Å². The lowest BCUT2D eigenvalue weighted by atomic mass is 10.2. The SMILES string of the molecule is CC(C)(C)SSCO[C@@H]1CC(n2cnc3c(=O)[nH]c(N)nc32)OC1COP(=O)(O)OP(=O)(O)OP(=O)(O)O. The molecule has 0 saturated carbocycles. The molecule has 3 heterocycles. The molecule has 18 nitrogen and oxygen atoms in total. The van der Waals surface area contributed by atoms with Crippen molar-refractivity contribution < 1.29 is 55.9 Å². The number of fused-ring (bicyclic) bond motifs is 1. The summed E-state index contributed by atoms with van der Waals surface area (Å²) < 4.78 is 59.9. The maximum Gasteiger partial charge on any atom is 0.490 e. The van der Waals surface area contributed by atoms with Crippen LogP contribution in [0.25, 0.3) is 11.2 Å². The molecular formula is C15H26N5O13P3S2. The number of aromatic nitrogens is 4. The van der Waals surface area contributed by atoms with Crippen LogP contribution >= 0.6 is 45.1 Å². The molecule has 23 heteroatoms. The summed E-state index contributed by atoms with van der Waals surface area (Å²) in [6.45, 7) is 5.31. The van der Waals surface area contributed by atoms with Gasteiger partial charge in [-0.2, -0.15) is 13.6 Å². The van der Waals surface area contributed by atoms with E-state index < -0.39 is 54.1 Å². The molecule has 0 bridgehead atoms. The standard InChI is InChI=1S/C15H26N5O13P3S2/c1-15(2,3)38-37-7-29-8-4-10(20-6-17-11-12(20)18-14(16)19-13(11)21)31-9(8)5-30-35(25,26)33-36(27,28)32-34(22,23)24/h6,8-10H,4-5,7H2,1-3H3,(H,25,26)(H,27,28)(H2,22,23,24)(H3,16,18,19,21)/t8-,9?,10?/m1/s1. The topological polar surface area (TPSA) is 268 Å². The number of nitrogens with zero attached hydrogens (tertiary/aromatic N) is 3. The van der Waals surface area contributed by atoms with Gasteiger partial charge >= 0.3 is 23.5 Å². The van der Waals surface area contributed by atoms with Crippen LogP contribution in [0.5, 0.6) is 0 Å². The fourth-order valence-corrected chi connectivity index (χ4v) is 8.17. The molecule has 4 unspecified atom stereocenters. The van der Waals surface area contributed by atoms with E-state index in [1.54, 1.807) is 10.8 Å². The van der Waals surface area contributed by atoms with Gasteiger partial charge in [-0.25, -0.2) is 18.7 Å². The first-order chi connectivity index (χ1) is 17.3. The van der Waals surface area contributed by atoms with Crippen LogP contribution in [0, 0.1) is 0 Å². The van der Waals surface area contributed by atoms with E-state index in [2.05, 4.69) is 23.6 Å². The Bertz CT molecular complexity index is 1340. The number of imidazole rings is 1. The van der Waals surface area contributed by atoms with Crippen LogP contribution in [0.1, 0.15) is 33.4 Å². The van der Waals surface area contributed by atoms with E-state index in [9.17, 15) is 28.3 Å². The highest BCUT2D eigenvalue weighted by molar-refractivity contribution is 8.77. The Balaban J connectivity index is 1.75. The van der Waals surface area contributed by atoms with E-state index in [4.69, 9.17) is 29.5 Å². The van der Waals surface area contributed by atoms with E-state index in [1.807, 2.05) is 20.8 Å². The Morgan fingerprint density at radius 3 is 2.53 bits per heavy atom. The summed E-state index contributed by atoms with van der Waals surface area (Å²) in [4.78, 5) is 59.0. The van der Waals surface area contributed by atoms with Gasteiger partial charge in [-0.05, 0) is 0 Å². The zero-order valence-corrected chi connectivity index (χ0v) is 24.3. The molecule has 5 atom stereocenters. The van der Waals surface area contributed by atoms with E-state index in [0.29, 0.717) is 0 Å². The first kappa shape index (κ1) is 31.7. The third-order valence-electron chi connectivity index (χ3n) is 4.40. The molecule has 0 radical (unpaired) electrons. The zero-order valence-electron chi connectivity index (χ0n) is 20.0. The van der Waals surface area contributed by atoms with Crippen molar-refractivity contribution in [2.45, 2.75) is 50.4 Å². The summed E-state index contributed by atoms with van der Waals surface area (Å²) in [6.07, 6.45) is -1.21. The van der Waals surface area contributed by atoms with Crippen LogP contribution in [-0.2, 0) is 36.3 Å². The summed E-state index contributed by atoms with van der Waals surface area (Å²) in [5.41, 5.74) is 5.17. The van der Waals surface area contributed by atoms with Crippen molar-refractivity contribution >= 4 is 62.2 Å². The predicted molar refractivity (Wildman–Crippen MR) is 136 cm³/mol. The number of hydrogen-bond acceptors (Lipinski definition) is 14. The Labute approximate surface area is 222 Å². The summed E-state index contributed by atoms with van der Waals surface area (Å²) in [5.74, 6) is 0.0270. The summed E-state index contributed by atoms with van der Waals surface area (Å²) >= 11 is 0. The number of phosphoric acid groups is 3. The van der Waals surface area contributed by atoms with Crippen molar-refractivity contribution in [3.05, 3.63) is 16.7 Å². The number of H-pyrrole nitrogens is 1. The van der Waals surface area contributed by atoms with Gasteiger partial charge in [0.2, 0.25) is 5.95 Å². The normalized spacial score (nSPS) is 23.9. The highest BCUT2D eigenvalue weighted by Crippen LogP contribution is 2.66. The molecule has 1 fully saturated rings. The van der Waals surface area contributed by atoms with E-state index >= 15 is 0 Å². The number of nitrogen functional groups attached to an aromatic ring is 1. The Hall–Kier alpha value is -0.820. The van der Waals surface area contributed by atoms with Gasteiger partial charge in [0.05, 0.1) is 19.0 Å². The molecule has 3 rings (SSSR count). The number of ether oxygens (including phenoxy) is 2. The maximum atomic E-state index is 12.2. The van der Waals surface area contributed by atoms with Crippen molar-refractivity contribution in [2.24, 2.45) is 0 Å². The molecule has 0 aromatic carbocycles. The highest BCUT2D eigenvalue weighted by atomic mass is 33.1. The molecule has 0 spiro atoms. The molecule has 1 aliphatic heterocycles. The van der Waals surface area contributed by atoms with Gasteiger partial charge in [-0.15, -0.1) is 0 Å². The van der Waals surface area contributed by atoms with Crippen LogP contribution in [-0.4, -0.2) is 68.6 Å². The van der Waals surface area contributed by atoms with Crippen molar-refractivity contribution in [1.82, 2.24) is 19.5 Å². The fraction of sp³-hybridized carbons (Fsp3) is 0.667. The quantitative estimate of drug-likeness (QED) is 0.0835. The van der Waals surface area contributed by atoms with Crippen LogP contribution < -0.4 is 11.3 Å². The molecule has 216 valence electrons. The van der Waals surface area contributed by atoms with Crippen molar-refractivity contribution in [3.8, 4) is 0 Å². The average Bonchev–Trinajstić information content (AvgIpc) is 3.30. The number of nitrogens with one attached hydrogen (secondary N) is 1. The summed E-state index contributed by atoms with van der Waals surface area (Å²) in [7, 11) is -13.6. The number of anilines is 1. The number of hydrogen-bond donors (Lipinski definition) is 6. The van der Waals surface area contributed by atoms with Gasteiger partial charge in [0.1, 0.15) is 18.3 Å². The second-order valence-corrected chi connectivity index (χ2v) is 16.2. The number of aromatic amines is 1. The van der Waals surface area contributed by atoms with Gasteiger partial charge in [0.15, 0.2) is 11.2 Å². The number of rotatable bonds is 12. The monoisotopic (exact) mass is 641 g/mol. The van der Waals surface area contributed by atoms with Gasteiger partial charge < -0.3 is 34.8 Å². The lowest BCUT2D eigenvalue weighted by Crippen LogP contribution is -2.29. The highest BCUT2D eigenvalue weighted by Gasteiger charge is 2.43. The van der Waals surface area contributed by atoms with Crippen molar-refractivity contribution in [3.63, 3.8) is 0 Å². The Kier molecular flexibility index (Phi) is 9.98. The minimum Gasteiger partial charge on any atom is -0.369 e. The molecule has 2 aromatic rings. The maximum absolute atomic E-state index is 12.2. The van der Waals surface area contributed by atoms with Crippen LogP contribution in [0.3, 0.4) is 0 Å². The van der Waals surface area contributed by atoms with E-state index in [0.717, 1.165) is 0 Å². The van der Waals surface area contributed by atoms with Gasteiger partial charge in [0.25, 0.3) is 5.56 Å². The average molecular weight is 641 g/mol. The minimum atomic E-state index is -5.68. The van der Waals surface area contributed by atoms with E-state index in [1.165, 1.54) is 21.7 Å². The third kappa shape index (κ3) is 9.38. The molecule has 0 aliphatic carbocycles. The van der Waals surface area contributed by atoms with Crippen LogP contribution in [0.15, 0.2) is 11.1 Å². The first-order valence-electron chi connectivity index (χ1n) is 10.4. The Morgan fingerprint density at radius 2 is 1.89 bits per heavy atom. The number of nitrogens with two attached hydrogens (primary N) is 1. The lowest BCUT2D eigenvalue weighted by molar-refractivity contribution is -0.0522. The summed E-state index contributed by atoms with van der Waals surface area (Å²) in [5, 5.41) is 0. The van der Waals surface area contributed by atoms with Crippen LogP contribution in [0.4, 0.5) is 5.95 Å². The zero-order chi connectivity index (χ0) is 28.5. The largest absolute Gasteiger partial charge is 0.490 e. The predicted octanol–water partition coefficient (Wildman–Crippen LogP) is 1.86. The smallest absolute Gasteiger partial charge is 0.369 e. The van der Waals surface area contributed by atoms with Gasteiger partial charge in [-0.1, -0.05) is 42.4 Å². The first-order valence-corrected chi connectivity index (χ1v) is 17.3. The van der Waals surface area contributed by atoms with Gasteiger partial charge in [-0.3, -0.25) is 18.9 Å². The molecule has 7 N–H and O–H groups in total. The molecule has 1 saturated heterocycles. The molecule has 1 aliphatic rings. The fourth-order valence-electron chi connectivity index (χ4n) is 3.14. The minimum absolute atomic E-state index is 0.00545. The molecular weight excluding hydrogens is 615 g/mol. The van der Waals surface area contributed by atoms with Crippen molar-refractivity contribution in [1.29, 1.82) is 0 Å². The third-order valence-corrected chi connectivity index (χ3v) is 11.2. The molecule has 38 heavy (non-hydrogen) atoms. The number of phosphoric ester groups is 1. The lowest BCUT2D eigenvalue weighted by Gasteiger charge is -2.22.